The largest absolute Gasteiger partial charge is 0.426 e. The number of esters is 1. The molecule has 0 saturated heterocycles. The highest BCUT2D eigenvalue weighted by Crippen LogP contribution is 2.45. The van der Waals surface area contributed by atoms with Gasteiger partial charge in [-0.2, -0.15) is 0 Å². The van der Waals surface area contributed by atoms with Gasteiger partial charge in [-0.15, -0.1) is 11.3 Å². The first-order chi connectivity index (χ1) is 19.1. The van der Waals surface area contributed by atoms with E-state index in [4.69, 9.17) is 4.74 Å². The molecule has 4 heteroatoms. The third-order valence-corrected chi connectivity index (χ3v) is 10.4. The highest BCUT2D eigenvalue weighted by molar-refractivity contribution is 7.09. The first-order valence-electron chi connectivity index (χ1n) is 16.2. The van der Waals surface area contributed by atoms with Crippen LogP contribution < -0.4 is 4.74 Å². The second-order valence-electron chi connectivity index (χ2n) is 12.3. The number of hydrogen-bond acceptors (Lipinski definition) is 4. The monoisotopic (exact) mass is 551 g/mol. The Balaban J connectivity index is 1.46. The molecule has 1 heterocycles. The molecule has 2 aromatic rings. The second-order valence-corrected chi connectivity index (χ2v) is 13.4. The van der Waals surface area contributed by atoms with Crippen molar-refractivity contribution in [1.29, 1.82) is 0 Å². The molecule has 3 nitrogen and oxygen atoms in total. The predicted molar refractivity (Wildman–Crippen MR) is 166 cm³/mol. The van der Waals surface area contributed by atoms with E-state index in [1.807, 2.05) is 11.3 Å². The Morgan fingerprint density at radius 2 is 1.67 bits per heavy atom. The van der Waals surface area contributed by atoms with Crippen LogP contribution in [-0.2, 0) is 24.1 Å². The number of carbonyl (C=O) groups excluding carboxylic acids is 1. The molecule has 1 aromatic heterocycles. The van der Waals surface area contributed by atoms with E-state index in [1.165, 1.54) is 48.1 Å². The van der Waals surface area contributed by atoms with Crippen molar-refractivity contribution in [3.8, 4) is 5.75 Å². The summed E-state index contributed by atoms with van der Waals surface area (Å²) in [6.45, 7) is 11.4. The number of nitrogens with zero attached hydrogens (tertiary/aromatic N) is 1. The molecule has 4 rings (SSSR count). The molecule has 2 aliphatic rings. The number of hydrogen-bond donors (Lipinski definition) is 0. The fourth-order valence-corrected chi connectivity index (χ4v) is 8.50. The van der Waals surface area contributed by atoms with Crippen molar-refractivity contribution in [2.24, 2.45) is 23.7 Å². The summed E-state index contributed by atoms with van der Waals surface area (Å²) in [4.78, 5) is 18.1. The van der Waals surface area contributed by atoms with Gasteiger partial charge in [0.15, 0.2) is 0 Å². The molecule has 0 spiro atoms. The number of benzene rings is 1. The van der Waals surface area contributed by atoms with E-state index in [2.05, 4.69) is 68.3 Å². The fourth-order valence-electron chi connectivity index (χ4n) is 7.81. The molecule has 0 radical (unpaired) electrons. The van der Waals surface area contributed by atoms with Gasteiger partial charge in [-0.1, -0.05) is 71.6 Å². The molecule has 39 heavy (non-hydrogen) atoms. The highest BCUT2D eigenvalue weighted by atomic mass is 32.1. The Morgan fingerprint density at radius 1 is 0.923 bits per heavy atom. The van der Waals surface area contributed by atoms with E-state index >= 15 is 0 Å². The minimum atomic E-state index is 0.0564. The van der Waals surface area contributed by atoms with Crippen LogP contribution >= 0.6 is 11.3 Å². The lowest BCUT2D eigenvalue weighted by molar-refractivity contribution is -0.146. The van der Waals surface area contributed by atoms with Gasteiger partial charge < -0.3 is 4.74 Å². The van der Waals surface area contributed by atoms with Crippen LogP contribution in [0.25, 0.3) is 0 Å². The Hall–Kier alpha value is -1.65. The molecule has 1 saturated carbocycles. The molecule has 3 unspecified atom stereocenters. The van der Waals surface area contributed by atoms with Crippen molar-refractivity contribution >= 4 is 17.3 Å². The topological polar surface area (TPSA) is 29.5 Å². The quantitative estimate of drug-likeness (QED) is 0.173. The number of fused-ring (bicyclic) bond motifs is 1. The highest BCUT2D eigenvalue weighted by Gasteiger charge is 2.42. The van der Waals surface area contributed by atoms with Gasteiger partial charge in [0.2, 0.25) is 0 Å². The molecule has 2 aliphatic carbocycles. The van der Waals surface area contributed by atoms with Gasteiger partial charge in [-0.05, 0) is 111 Å². The van der Waals surface area contributed by atoms with E-state index in [0.717, 1.165) is 76.1 Å². The van der Waals surface area contributed by atoms with E-state index in [1.54, 1.807) is 0 Å². The van der Waals surface area contributed by atoms with Crippen LogP contribution in [0.15, 0.2) is 35.7 Å². The summed E-state index contributed by atoms with van der Waals surface area (Å²) in [5.41, 5.74) is 2.67. The zero-order valence-electron chi connectivity index (χ0n) is 25.1. The van der Waals surface area contributed by atoms with Crippen LogP contribution in [-0.4, -0.2) is 30.0 Å². The zero-order valence-corrected chi connectivity index (χ0v) is 25.9. The summed E-state index contributed by atoms with van der Waals surface area (Å²) in [6, 6.07) is 11.4. The van der Waals surface area contributed by atoms with Crippen molar-refractivity contribution < 1.29 is 9.53 Å². The SMILES string of the molecule is CCCC1CC(CCC)C(C(=O)Oc2cccc3c2CCC(N(CCC)CCc2cccs2)C3)C(CCC)C1. The molecule has 3 atom stereocenters. The maximum absolute atomic E-state index is 13.9. The van der Waals surface area contributed by atoms with Crippen LogP contribution in [0.1, 0.15) is 108 Å². The number of carbonyl (C=O) groups is 1. The summed E-state index contributed by atoms with van der Waals surface area (Å²) in [5, 5.41) is 2.19. The average molecular weight is 552 g/mol. The van der Waals surface area contributed by atoms with Crippen LogP contribution in [0.2, 0.25) is 0 Å². The Labute approximate surface area is 242 Å². The van der Waals surface area contributed by atoms with Crippen molar-refractivity contribution in [3.05, 3.63) is 51.7 Å². The van der Waals surface area contributed by atoms with Crippen LogP contribution in [0.5, 0.6) is 5.75 Å². The fraction of sp³-hybridized carbons (Fsp3) is 0.686. The number of rotatable bonds is 14. The van der Waals surface area contributed by atoms with Crippen molar-refractivity contribution in [1.82, 2.24) is 4.90 Å². The van der Waals surface area contributed by atoms with E-state index in [-0.39, 0.29) is 11.9 Å². The minimum absolute atomic E-state index is 0.0564. The molecule has 1 aromatic carbocycles. The lowest BCUT2D eigenvalue weighted by atomic mass is 9.64. The van der Waals surface area contributed by atoms with Gasteiger partial charge in [-0.25, -0.2) is 0 Å². The van der Waals surface area contributed by atoms with Gasteiger partial charge in [0.1, 0.15) is 5.75 Å². The Morgan fingerprint density at radius 3 is 2.31 bits per heavy atom. The second kappa shape index (κ2) is 15.4. The molecule has 0 amide bonds. The third kappa shape index (κ3) is 7.97. The van der Waals surface area contributed by atoms with Crippen molar-refractivity contribution in [2.45, 2.75) is 117 Å². The van der Waals surface area contributed by atoms with E-state index < -0.39 is 0 Å². The minimum Gasteiger partial charge on any atom is -0.426 e. The number of ether oxygens (including phenoxy) is 1. The van der Waals surface area contributed by atoms with Crippen LogP contribution in [0.4, 0.5) is 0 Å². The summed E-state index contributed by atoms with van der Waals surface area (Å²) >= 11 is 1.87. The molecule has 216 valence electrons. The first-order valence-corrected chi connectivity index (χ1v) is 17.0. The Kier molecular flexibility index (Phi) is 12.0. The van der Waals surface area contributed by atoms with Gasteiger partial charge in [0.05, 0.1) is 5.92 Å². The van der Waals surface area contributed by atoms with Gasteiger partial charge >= 0.3 is 5.97 Å². The predicted octanol–water partition coefficient (Wildman–Crippen LogP) is 9.12. The summed E-state index contributed by atoms with van der Waals surface area (Å²) in [6.07, 6.45) is 15.1. The van der Waals surface area contributed by atoms with Crippen LogP contribution in [0, 0.1) is 23.7 Å². The normalized spacial score (nSPS) is 25.0. The summed E-state index contributed by atoms with van der Waals surface area (Å²) < 4.78 is 6.39. The Bertz CT molecular complexity index is 986. The molecular formula is C35H53NO2S. The van der Waals surface area contributed by atoms with Crippen molar-refractivity contribution in [2.75, 3.05) is 13.1 Å². The third-order valence-electron chi connectivity index (χ3n) is 9.45. The molecular weight excluding hydrogens is 498 g/mol. The molecule has 0 bridgehead atoms. The zero-order chi connectivity index (χ0) is 27.6. The van der Waals surface area contributed by atoms with Gasteiger partial charge in [0.25, 0.3) is 0 Å². The lowest BCUT2D eigenvalue weighted by Gasteiger charge is -2.41. The first kappa shape index (κ1) is 30.3. The summed E-state index contributed by atoms with van der Waals surface area (Å²) in [7, 11) is 0. The maximum atomic E-state index is 13.9. The van der Waals surface area contributed by atoms with Crippen molar-refractivity contribution in [3.63, 3.8) is 0 Å². The van der Waals surface area contributed by atoms with Gasteiger partial charge in [-0.3, -0.25) is 9.69 Å². The van der Waals surface area contributed by atoms with Crippen LogP contribution in [0.3, 0.4) is 0 Å². The molecule has 0 N–H and O–H groups in total. The molecule has 1 fully saturated rings. The maximum Gasteiger partial charge on any atom is 0.314 e. The standard InChI is InChI=1S/C35H53NO2S/c1-5-11-26-23-28(12-6-2)34(29(24-26)13-7-3)35(37)38-33-16-9-14-27-25-30(17-18-32(27)33)36(20-8-4)21-19-31-15-10-22-39-31/h9-10,14-16,22,26,28-30,34H,5-8,11-13,17-21,23-25H2,1-4H3. The van der Waals surface area contributed by atoms with E-state index in [0.29, 0.717) is 17.9 Å². The number of thiophene rings is 1. The smallest absolute Gasteiger partial charge is 0.314 e. The summed E-state index contributed by atoms with van der Waals surface area (Å²) in [5.74, 6) is 2.68. The molecule has 0 aliphatic heterocycles. The average Bonchev–Trinajstić information content (AvgIpc) is 3.45. The van der Waals surface area contributed by atoms with E-state index in [9.17, 15) is 4.79 Å². The van der Waals surface area contributed by atoms with Gasteiger partial charge in [0, 0.05) is 17.5 Å². The lowest BCUT2D eigenvalue weighted by Crippen LogP contribution is -2.41.